The van der Waals surface area contributed by atoms with Crippen LogP contribution in [0.15, 0.2) is 18.2 Å². The molecule has 29 heavy (non-hydrogen) atoms. The van der Waals surface area contributed by atoms with E-state index in [0.717, 1.165) is 56.0 Å². The molecule has 1 aromatic heterocycles. The van der Waals surface area contributed by atoms with Crippen molar-refractivity contribution in [3.8, 4) is 5.75 Å². The van der Waals surface area contributed by atoms with Crippen LogP contribution in [0.4, 0.5) is 4.39 Å². The van der Waals surface area contributed by atoms with Crippen molar-refractivity contribution in [1.82, 2.24) is 26.1 Å². The minimum atomic E-state index is -0.328. The van der Waals surface area contributed by atoms with Crippen LogP contribution in [0.3, 0.4) is 0 Å². The van der Waals surface area contributed by atoms with Crippen molar-refractivity contribution in [3.05, 3.63) is 52.4 Å². The number of methoxy groups -OCH3 is 1. The van der Waals surface area contributed by atoms with Crippen molar-refractivity contribution in [2.75, 3.05) is 26.7 Å². The number of nitrogens with one attached hydrogen (secondary N) is 3. The Kier molecular flexibility index (Phi) is 6.37. The molecule has 1 saturated heterocycles. The third-order valence-electron chi connectivity index (χ3n) is 6.00. The Hall–Kier alpha value is -2.09. The van der Waals surface area contributed by atoms with Gasteiger partial charge in [0.1, 0.15) is 5.82 Å². The van der Waals surface area contributed by atoms with Gasteiger partial charge in [-0.1, -0.05) is 6.07 Å². The van der Waals surface area contributed by atoms with Crippen molar-refractivity contribution in [1.29, 1.82) is 0 Å². The number of ether oxygens (including phenoxy) is 1. The molecule has 0 radical (unpaired) electrons. The van der Waals surface area contributed by atoms with Gasteiger partial charge in [0.15, 0.2) is 11.6 Å². The zero-order chi connectivity index (χ0) is 20.2. The van der Waals surface area contributed by atoms with Gasteiger partial charge in [0, 0.05) is 43.4 Å². The minimum absolute atomic E-state index is 0.0603. The van der Waals surface area contributed by atoms with Gasteiger partial charge >= 0.3 is 0 Å². The molecule has 0 spiro atoms. The number of aryl methyl sites for hydroxylation is 2. The molecule has 1 aliphatic heterocycles. The minimum Gasteiger partial charge on any atom is -0.494 e. The molecule has 2 atom stereocenters. The van der Waals surface area contributed by atoms with Crippen LogP contribution in [0, 0.1) is 18.7 Å². The fraction of sp³-hybridized carbons (Fsp3) is 0.545. The molecule has 2 heterocycles. The average molecular weight is 400 g/mol. The summed E-state index contributed by atoms with van der Waals surface area (Å²) in [6, 6.07) is 5.22. The Morgan fingerprint density at radius 2 is 2.10 bits per heavy atom. The van der Waals surface area contributed by atoms with Crippen LogP contribution < -0.4 is 20.9 Å². The number of nitrogens with zero attached hydrogens (tertiary/aromatic N) is 2. The summed E-state index contributed by atoms with van der Waals surface area (Å²) in [6.45, 7) is 4.61. The predicted molar refractivity (Wildman–Crippen MR) is 110 cm³/mol. The first-order valence-corrected chi connectivity index (χ1v) is 10.5. The predicted octanol–water partition coefficient (Wildman–Crippen LogP) is 2.41. The third kappa shape index (κ3) is 4.57. The molecule has 6 nitrogen and oxygen atoms in total. The van der Waals surface area contributed by atoms with E-state index < -0.39 is 0 Å². The topological polar surface area (TPSA) is 71.1 Å². The molecule has 1 fully saturated rings. The number of halogens is 1. The van der Waals surface area contributed by atoms with Crippen LogP contribution in [-0.4, -0.2) is 36.7 Å². The third-order valence-corrected chi connectivity index (χ3v) is 6.00. The average Bonchev–Trinajstić information content (AvgIpc) is 3.20. The number of rotatable bonds is 7. The van der Waals surface area contributed by atoms with Crippen molar-refractivity contribution in [2.24, 2.45) is 5.92 Å². The van der Waals surface area contributed by atoms with E-state index in [1.54, 1.807) is 12.1 Å². The Balaban J connectivity index is 1.31. The molecule has 1 aromatic carbocycles. The number of benzene rings is 1. The fourth-order valence-electron chi connectivity index (χ4n) is 4.40. The molecule has 0 saturated carbocycles. The number of hydrazine groups is 1. The van der Waals surface area contributed by atoms with Crippen LogP contribution in [0.5, 0.6) is 5.75 Å². The van der Waals surface area contributed by atoms with E-state index in [2.05, 4.69) is 23.1 Å². The van der Waals surface area contributed by atoms with Gasteiger partial charge in [0.2, 0.25) is 0 Å². The van der Waals surface area contributed by atoms with E-state index in [1.165, 1.54) is 31.2 Å². The zero-order valence-corrected chi connectivity index (χ0v) is 17.2. The van der Waals surface area contributed by atoms with E-state index >= 15 is 0 Å². The molecule has 156 valence electrons. The maximum absolute atomic E-state index is 14.1. The number of aromatic nitrogens is 2. The summed E-state index contributed by atoms with van der Waals surface area (Å²) in [7, 11) is 1.48. The first kappa shape index (κ1) is 20.2. The number of fused-ring (bicyclic) bond motifs is 1. The Bertz CT molecular complexity index is 859. The highest BCUT2D eigenvalue weighted by Gasteiger charge is 2.28. The first-order valence-electron chi connectivity index (χ1n) is 10.5. The standard InChI is InChI=1S/C22H30FN5O/c1-14-17-5-3-4-6-19(17)27-21(26-14)9-10-24-12-16-13-25-28-22(16)15-7-8-20(29-2)18(23)11-15/h7-8,11,16,22,24-25,28H,3-6,9-10,12-13H2,1-2H3. The lowest BCUT2D eigenvalue weighted by molar-refractivity contribution is 0.384. The molecule has 2 aromatic rings. The van der Waals surface area contributed by atoms with Crippen molar-refractivity contribution < 1.29 is 9.13 Å². The smallest absolute Gasteiger partial charge is 0.165 e. The van der Waals surface area contributed by atoms with Gasteiger partial charge in [0.25, 0.3) is 0 Å². The summed E-state index contributed by atoms with van der Waals surface area (Å²) in [6.07, 6.45) is 5.51. The summed E-state index contributed by atoms with van der Waals surface area (Å²) >= 11 is 0. The summed E-state index contributed by atoms with van der Waals surface area (Å²) in [5.41, 5.74) is 11.2. The summed E-state index contributed by atoms with van der Waals surface area (Å²) in [5.74, 6) is 1.21. The van der Waals surface area contributed by atoms with Crippen molar-refractivity contribution in [2.45, 2.75) is 45.1 Å². The van der Waals surface area contributed by atoms with E-state index in [-0.39, 0.29) is 17.6 Å². The van der Waals surface area contributed by atoms with Gasteiger partial charge in [-0.05, 0) is 55.9 Å². The van der Waals surface area contributed by atoms with Crippen LogP contribution >= 0.6 is 0 Å². The van der Waals surface area contributed by atoms with Crippen LogP contribution in [0.25, 0.3) is 0 Å². The van der Waals surface area contributed by atoms with Gasteiger partial charge in [-0.25, -0.2) is 19.8 Å². The highest BCUT2D eigenvalue weighted by Crippen LogP contribution is 2.28. The Morgan fingerprint density at radius 1 is 1.24 bits per heavy atom. The fourth-order valence-corrected chi connectivity index (χ4v) is 4.40. The van der Waals surface area contributed by atoms with Crippen molar-refractivity contribution in [3.63, 3.8) is 0 Å². The second-order valence-electron chi connectivity index (χ2n) is 7.97. The largest absolute Gasteiger partial charge is 0.494 e. The lowest BCUT2D eigenvalue weighted by Gasteiger charge is -2.20. The van der Waals surface area contributed by atoms with Crippen LogP contribution in [0.1, 0.15) is 47.2 Å². The monoisotopic (exact) mass is 399 g/mol. The molecule has 1 aliphatic carbocycles. The summed E-state index contributed by atoms with van der Waals surface area (Å²) in [5, 5.41) is 3.53. The lowest BCUT2D eigenvalue weighted by atomic mass is 9.94. The maximum Gasteiger partial charge on any atom is 0.165 e. The lowest BCUT2D eigenvalue weighted by Crippen LogP contribution is -2.30. The SMILES string of the molecule is COc1ccc(C2NNCC2CNCCc2nc(C)c3c(n2)CCCC3)cc1F. The van der Waals surface area contributed by atoms with E-state index in [9.17, 15) is 4.39 Å². The van der Waals surface area contributed by atoms with Gasteiger partial charge in [-0.15, -0.1) is 0 Å². The quantitative estimate of drug-likeness (QED) is 0.621. The molecule has 2 unspecified atom stereocenters. The molecule has 7 heteroatoms. The highest BCUT2D eigenvalue weighted by molar-refractivity contribution is 5.32. The second-order valence-corrected chi connectivity index (χ2v) is 7.97. The van der Waals surface area contributed by atoms with Gasteiger partial charge < -0.3 is 10.1 Å². The van der Waals surface area contributed by atoms with Crippen LogP contribution in [0.2, 0.25) is 0 Å². The molecule has 4 rings (SSSR count). The van der Waals surface area contributed by atoms with Gasteiger partial charge in [-0.3, -0.25) is 5.43 Å². The molecule has 0 amide bonds. The highest BCUT2D eigenvalue weighted by atomic mass is 19.1. The van der Waals surface area contributed by atoms with Gasteiger partial charge in [0.05, 0.1) is 13.2 Å². The maximum atomic E-state index is 14.1. The van der Waals surface area contributed by atoms with Crippen molar-refractivity contribution >= 4 is 0 Å². The van der Waals surface area contributed by atoms with E-state index in [4.69, 9.17) is 14.7 Å². The molecular formula is C22H30FN5O. The molecule has 0 bridgehead atoms. The van der Waals surface area contributed by atoms with Crippen LogP contribution in [-0.2, 0) is 19.3 Å². The Morgan fingerprint density at radius 3 is 2.93 bits per heavy atom. The Labute approximate surface area is 171 Å². The molecular weight excluding hydrogens is 369 g/mol. The number of hydrogen-bond acceptors (Lipinski definition) is 6. The molecule has 2 aliphatic rings. The second kappa shape index (κ2) is 9.15. The first-order chi connectivity index (χ1) is 14.2. The van der Waals surface area contributed by atoms with Gasteiger partial charge in [-0.2, -0.15) is 0 Å². The summed E-state index contributed by atoms with van der Waals surface area (Å²) < 4.78 is 19.1. The number of hydrogen-bond donors (Lipinski definition) is 3. The summed E-state index contributed by atoms with van der Waals surface area (Å²) in [4.78, 5) is 9.52. The van der Waals surface area contributed by atoms with E-state index in [0.29, 0.717) is 5.92 Å². The zero-order valence-electron chi connectivity index (χ0n) is 17.2. The normalized spacial score (nSPS) is 21.2. The van der Waals surface area contributed by atoms with E-state index in [1.807, 2.05) is 6.07 Å². The molecule has 3 N–H and O–H groups in total.